The second-order valence-corrected chi connectivity index (χ2v) is 7.50. The number of hydrogen-bond donors (Lipinski definition) is 0. The van der Waals surface area contributed by atoms with Crippen LogP contribution in [0.3, 0.4) is 0 Å². The molecule has 0 saturated heterocycles. The van der Waals surface area contributed by atoms with E-state index < -0.39 is 23.3 Å². The van der Waals surface area contributed by atoms with E-state index in [1.165, 1.54) is 7.11 Å². The molecule has 3 aromatic carbocycles. The van der Waals surface area contributed by atoms with E-state index in [-0.39, 0.29) is 5.57 Å². The quantitative estimate of drug-likeness (QED) is 0.330. The van der Waals surface area contributed by atoms with Crippen LogP contribution in [0.4, 0.5) is 0 Å². The highest BCUT2D eigenvalue weighted by Crippen LogP contribution is 2.55. The summed E-state index contributed by atoms with van der Waals surface area (Å²) < 4.78 is 10.7. The third kappa shape index (κ3) is 3.01. The number of rotatable bonds is 5. The molecule has 0 N–H and O–H groups in total. The molecule has 30 heavy (non-hydrogen) atoms. The van der Waals surface area contributed by atoms with E-state index in [2.05, 4.69) is 6.58 Å². The lowest BCUT2D eigenvalue weighted by Crippen LogP contribution is -2.43. The highest BCUT2D eigenvalue weighted by atomic mass is 35.5. The molecule has 3 aromatic rings. The van der Waals surface area contributed by atoms with Crippen LogP contribution in [0.2, 0.25) is 5.02 Å². The van der Waals surface area contributed by atoms with Crippen LogP contribution < -0.4 is 4.74 Å². The van der Waals surface area contributed by atoms with Crippen LogP contribution in [0, 0.1) is 0 Å². The minimum absolute atomic E-state index is 0.150. The number of esters is 2. The van der Waals surface area contributed by atoms with Gasteiger partial charge in [-0.2, -0.15) is 0 Å². The molecule has 5 heteroatoms. The summed E-state index contributed by atoms with van der Waals surface area (Å²) in [6, 6.07) is 23.6. The van der Waals surface area contributed by atoms with Gasteiger partial charge in [-0.1, -0.05) is 78.8 Å². The van der Waals surface area contributed by atoms with Crippen LogP contribution >= 0.6 is 11.6 Å². The molecule has 1 heterocycles. The molecular formula is C25H19ClO4. The highest BCUT2D eigenvalue weighted by molar-refractivity contribution is 6.30. The van der Waals surface area contributed by atoms with E-state index >= 15 is 0 Å². The second kappa shape index (κ2) is 7.81. The number of carbonyl (C=O) groups is 2. The Hall–Kier alpha value is -3.37. The van der Waals surface area contributed by atoms with Crippen molar-refractivity contribution in [2.45, 2.75) is 11.3 Å². The number of para-hydroxylation sites is 1. The van der Waals surface area contributed by atoms with E-state index in [9.17, 15) is 9.59 Å². The molecule has 0 amide bonds. The van der Waals surface area contributed by atoms with Gasteiger partial charge >= 0.3 is 11.9 Å². The van der Waals surface area contributed by atoms with Crippen molar-refractivity contribution in [2.24, 2.45) is 0 Å². The fourth-order valence-electron chi connectivity index (χ4n) is 4.20. The van der Waals surface area contributed by atoms with Crippen molar-refractivity contribution in [1.29, 1.82) is 0 Å². The van der Waals surface area contributed by atoms with Gasteiger partial charge in [0.25, 0.3) is 0 Å². The number of methoxy groups -OCH3 is 1. The smallest absolute Gasteiger partial charge is 0.333 e. The van der Waals surface area contributed by atoms with Gasteiger partial charge in [0, 0.05) is 22.1 Å². The Labute approximate surface area is 179 Å². The standard InChI is InChI=1S/C25H19ClO4/c1-16(23(27)29-2)22(17-12-14-19(26)15-13-17)25(18-8-4-3-5-9-18)20-10-6-7-11-21(20)30-24(25)28/h3-15,22H,1H2,2H3/t22?,25-/m0/s1. The minimum Gasteiger partial charge on any atom is -0.466 e. The van der Waals surface area contributed by atoms with Crippen LogP contribution in [-0.2, 0) is 19.7 Å². The topological polar surface area (TPSA) is 52.6 Å². The molecule has 1 unspecified atom stereocenters. The van der Waals surface area contributed by atoms with E-state index in [1.807, 2.05) is 42.5 Å². The fourth-order valence-corrected chi connectivity index (χ4v) is 4.33. The number of benzene rings is 3. The average Bonchev–Trinajstić information content (AvgIpc) is 3.07. The van der Waals surface area contributed by atoms with Gasteiger partial charge in [-0.15, -0.1) is 0 Å². The fraction of sp³-hybridized carbons (Fsp3) is 0.120. The first-order valence-electron chi connectivity index (χ1n) is 9.40. The maximum absolute atomic E-state index is 13.6. The van der Waals surface area contributed by atoms with Crippen LogP contribution in [-0.4, -0.2) is 19.0 Å². The summed E-state index contributed by atoms with van der Waals surface area (Å²) in [7, 11) is 1.29. The summed E-state index contributed by atoms with van der Waals surface area (Å²) in [6.45, 7) is 4.03. The van der Waals surface area contributed by atoms with Gasteiger partial charge in [0.2, 0.25) is 0 Å². The molecule has 0 bridgehead atoms. The molecule has 2 atom stereocenters. The molecule has 0 saturated carbocycles. The predicted octanol–water partition coefficient (Wildman–Crippen LogP) is 5.06. The zero-order chi connectivity index (χ0) is 21.3. The van der Waals surface area contributed by atoms with Gasteiger partial charge < -0.3 is 9.47 Å². The van der Waals surface area contributed by atoms with E-state index in [0.717, 1.165) is 0 Å². The lowest BCUT2D eigenvalue weighted by molar-refractivity contribution is -0.138. The van der Waals surface area contributed by atoms with Crippen molar-refractivity contribution in [3.63, 3.8) is 0 Å². The number of carbonyl (C=O) groups excluding carboxylic acids is 2. The molecular weight excluding hydrogens is 400 g/mol. The first-order valence-corrected chi connectivity index (χ1v) is 9.77. The Bertz CT molecular complexity index is 1120. The SMILES string of the molecule is C=C(C(=O)OC)C(c1ccc(Cl)cc1)[C@@]1(c2ccccc2)C(=O)Oc2ccccc21. The Morgan fingerprint density at radius 3 is 2.30 bits per heavy atom. The van der Waals surface area contributed by atoms with Gasteiger partial charge in [0.1, 0.15) is 11.2 Å². The number of halogens is 1. The predicted molar refractivity (Wildman–Crippen MR) is 115 cm³/mol. The molecule has 4 nitrogen and oxygen atoms in total. The Balaban J connectivity index is 2.08. The average molecular weight is 419 g/mol. The first-order chi connectivity index (χ1) is 14.5. The molecule has 150 valence electrons. The summed E-state index contributed by atoms with van der Waals surface area (Å²) in [5, 5.41) is 0.546. The van der Waals surface area contributed by atoms with Crippen molar-refractivity contribution in [1.82, 2.24) is 0 Å². The van der Waals surface area contributed by atoms with Crippen molar-refractivity contribution in [3.05, 3.63) is 113 Å². The minimum atomic E-state index is -1.31. The van der Waals surface area contributed by atoms with Crippen molar-refractivity contribution >= 4 is 23.5 Å². The van der Waals surface area contributed by atoms with Crippen molar-refractivity contribution < 1.29 is 19.1 Å². The molecule has 0 aliphatic carbocycles. The number of hydrogen-bond acceptors (Lipinski definition) is 4. The number of fused-ring (bicyclic) bond motifs is 1. The van der Waals surface area contributed by atoms with Crippen LogP contribution in [0.1, 0.15) is 22.6 Å². The summed E-state index contributed by atoms with van der Waals surface area (Å²) in [4.78, 5) is 26.3. The van der Waals surface area contributed by atoms with Crippen molar-refractivity contribution in [3.8, 4) is 5.75 Å². The van der Waals surface area contributed by atoms with Gasteiger partial charge in [-0.3, -0.25) is 4.79 Å². The van der Waals surface area contributed by atoms with Crippen LogP contribution in [0.15, 0.2) is 91.0 Å². The maximum atomic E-state index is 13.6. The normalized spacial score (nSPS) is 18.3. The Morgan fingerprint density at radius 1 is 1.00 bits per heavy atom. The summed E-state index contributed by atoms with van der Waals surface area (Å²) in [5.41, 5.74) is 0.914. The van der Waals surface area contributed by atoms with Crippen LogP contribution in [0.25, 0.3) is 0 Å². The molecule has 1 aliphatic heterocycles. The number of ether oxygens (including phenoxy) is 2. The molecule has 0 spiro atoms. The Morgan fingerprint density at radius 2 is 1.63 bits per heavy atom. The second-order valence-electron chi connectivity index (χ2n) is 7.06. The van der Waals surface area contributed by atoms with Gasteiger partial charge in [0.15, 0.2) is 0 Å². The first kappa shape index (κ1) is 19.9. The van der Waals surface area contributed by atoms with Crippen molar-refractivity contribution in [2.75, 3.05) is 7.11 Å². The maximum Gasteiger partial charge on any atom is 0.333 e. The largest absolute Gasteiger partial charge is 0.466 e. The highest BCUT2D eigenvalue weighted by Gasteiger charge is 2.57. The van der Waals surface area contributed by atoms with Gasteiger partial charge in [-0.25, -0.2) is 4.79 Å². The van der Waals surface area contributed by atoms with E-state index in [4.69, 9.17) is 21.1 Å². The third-order valence-corrected chi connectivity index (χ3v) is 5.75. The summed E-state index contributed by atoms with van der Waals surface area (Å²) in [6.07, 6.45) is 0. The molecule has 0 radical (unpaired) electrons. The third-order valence-electron chi connectivity index (χ3n) is 5.50. The monoisotopic (exact) mass is 418 g/mol. The lowest BCUT2D eigenvalue weighted by atomic mass is 9.62. The Kier molecular flexibility index (Phi) is 5.18. The van der Waals surface area contributed by atoms with Crippen LogP contribution in [0.5, 0.6) is 5.75 Å². The zero-order valence-corrected chi connectivity index (χ0v) is 17.1. The van der Waals surface area contributed by atoms with E-state index in [1.54, 1.807) is 36.4 Å². The summed E-state index contributed by atoms with van der Waals surface area (Å²) >= 11 is 6.10. The zero-order valence-electron chi connectivity index (χ0n) is 16.3. The molecule has 1 aliphatic rings. The van der Waals surface area contributed by atoms with Gasteiger partial charge in [-0.05, 0) is 29.3 Å². The molecule has 4 rings (SSSR count). The molecule has 0 fully saturated rings. The molecule has 0 aromatic heterocycles. The summed E-state index contributed by atoms with van der Waals surface area (Å²) in [5.74, 6) is -1.37. The van der Waals surface area contributed by atoms with E-state index in [0.29, 0.717) is 27.5 Å². The lowest BCUT2D eigenvalue weighted by Gasteiger charge is -2.36. The van der Waals surface area contributed by atoms with Gasteiger partial charge in [0.05, 0.1) is 7.11 Å².